The molecule has 0 fully saturated rings. The van der Waals surface area contributed by atoms with E-state index >= 15 is 0 Å². The first-order valence-corrected chi connectivity index (χ1v) is 8.18. The fraction of sp³-hybridized carbons (Fsp3) is 0.150. The van der Waals surface area contributed by atoms with Crippen molar-refractivity contribution in [2.24, 2.45) is 0 Å². The van der Waals surface area contributed by atoms with E-state index in [2.05, 4.69) is 20.6 Å². The lowest BCUT2D eigenvalue weighted by atomic mass is 10.1. The molecule has 1 amide bonds. The molecule has 3 rings (SSSR count). The summed E-state index contributed by atoms with van der Waals surface area (Å²) in [4.78, 5) is 21.1. The van der Waals surface area contributed by atoms with Gasteiger partial charge in [0, 0.05) is 17.4 Å². The van der Waals surface area contributed by atoms with Crippen LogP contribution < -0.4 is 10.6 Å². The number of nitrogens with one attached hydrogen (secondary N) is 2. The van der Waals surface area contributed by atoms with Crippen LogP contribution in [0.1, 0.15) is 27.4 Å². The van der Waals surface area contributed by atoms with Crippen molar-refractivity contribution in [3.8, 4) is 0 Å². The van der Waals surface area contributed by atoms with Gasteiger partial charge in [0.1, 0.15) is 23.2 Å². The smallest absolute Gasteiger partial charge is 0.274 e. The second-order valence-corrected chi connectivity index (χ2v) is 6.04. The Labute approximate surface area is 151 Å². The zero-order chi connectivity index (χ0) is 18.7. The highest BCUT2D eigenvalue weighted by molar-refractivity contribution is 6.04. The van der Waals surface area contributed by atoms with Crippen LogP contribution in [0.5, 0.6) is 0 Å². The van der Waals surface area contributed by atoms with Gasteiger partial charge in [-0.1, -0.05) is 18.2 Å². The van der Waals surface area contributed by atoms with Crippen molar-refractivity contribution >= 4 is 23.1 Å². The van der Waals surface area contributed by atoms with Crippen LogP contribution in [0.25, 0.3) is 0 Å². The van der Waals surface area contributed by atoms with Gasteiger partial charge in [-0.05, 0) is 56.2 Å². The lowest BCUT2D eigenvalue weighted by molar-refractivity contribution is 0.102. The lowest BCUT2D eigenvalue weighted by Crippen LogP contribution is -2.16. The number of rotatable bonds is 4. The number of hydrogen-bond acceptors (Lipinski definition) is 4. The Balaban J connectivity index is 1.84. The number of hydrogen-bond donors (Lipinski definition) is 2. The molecule has 2 N–H and O–H groups in total. The highest BCUT2D eigenvalue weighted by Gasteiger charge is 2.13. The van der Waals surface area contributed by atoms with Gasteiger partial charge in [0.15, 0.2) is 0 Å². The van der Waals surface area contributed by atoms with Crippen molar-refractivity contribution in [2.45, 2.75) is 20.8 Å². The summed E-state index contributed by atoms with van der Waals surface area (Å²) in [5.41, 5.74) is 3.67. The molecule has 0 unspecified atom stereocenters. The Morgan fingerprint density at radius 3 is 2.27 bits per heavy atom. The van der Waals surface area contributed by atoms with Gasteiger partial charge in [0.2, 0.25) is 0 Å². The minimum atomic E-state index is -0.317. The summed E-state index contributed by atoms with van der Waals surface area (Å²) in [5, 5.41) is 5.97. The number of carbonyl (C=O) groups excluding carboxylic acids is 1. The van der Waals surface area contributed by atoms with Crippen molar-refractivity contribution in [3.63, 3.8) is 0 Å². The molecule has 26 heavy (non-hydrogen) atoms. The van der Waals surface area contributed by atoms with Crippen LogP contribution >= 0.6 is 0 Å². The normalized spacial score (nSPS) is 10.5. The number of benzene rings is 2. The standard InChI is InChI=1S/C20H19FN4O/c1-12-5-4-6-13(2)19(12)25-20(26)17-11-18(23-14(3)22-17)24-16-9-7-15(21)8-10-16/h4-11H,1-3H3,(H,25,26)(H,22,23,24). The summed E-state index contributed by atoms with van der Waals surface area (Å²) in [6, 6.07) is 13.3. The van der Waals surface area contributed by atoms with E-state index in [1.54, 1.807) is 25.1 Å². The number of anilines is 3. The topological polar surface area (TPSA) is 66.9 Å². The Hall–Kier alpha value is -3.28. The third-order valence-corrected chi connectivity index (χ3v) is 3.91. The van der Waals surface area contributed by atoms with E-state index in [1.807, 2.05) is 32.0 Å². The zero-order valence-corrected chi connectivity index (χ0v) is 14.8. The molecular weight excluding hydrogens is 331 g/mol. The molecule has 5 nitrogen and oxygen atoms in total. The summed E-state index contributed by atoms with van der Waals surface area (Å²) in [6.07, 6.45) is 0. The molecule has 0 atom stereocenters. The fourth-order valence-corrected chi connectivity index (χ4v) is 2.62. The van der Waals surface area contributed by atoms with Crippen LogP contribution in [-0.4, -0.2) is 15.9 Å². The molecule has 0 aliphatic heterocycles. The number of nitrogens with zero attached hydrogens (tertiary/aromatic N) is 2. The molecule has 0 radical (unpaired) electrons. The van der Waals surface area contributed by atoms with Crippen molar-refractivity contribution in [3.05, 3.63) is 77.0 Å². The van der Waals surface area contributed by atoms with Gasteiger partial charge >= 0.3 is 0 Å². The minimum Gasteiger partial charge on any atom is -0.340 e. The molecule has 0 saturated heterocycles. The lowest BCUT2D eigenvalue weighted by Gasteiger charge is -2.12. The van der Waals surface area contributed by atoms with E-state index in [0.29, 0.717) is 17.3 Å². The first kappa shape index (κ1) is 17.5. The fourth-order valence-electron chi connectivity index (χ4n) is 2.62. The Morgan fingerprint density at radius 2 is 1.62 bits per heavy atom. The number of aromatic nitrogens is 2. The maximum absolute atomic E-state index is 13.0. The van der Waals surface area contributed by atoms with Crippen molar-refractivity contribution in [1.82, 2.24) is 9.97 Å². The predicted octanol–water partition coefficient (Wildman–Crippen LogP) is 4.54. The maximum atomic E-state index is 13.0. The third kappa shape index (κ3) is 4.03. The zero-order valence-electron chi connectivity index (χ0n) is 14.8. The van der Waals surface area contributed by atoms with E-state index in [-0.39, 0.29) is 17.4 Å². The van der Waals surface area contributed by atoms with Gasteiger partial charge in [0.05, 0.1) is 0 Å². The molecule has 3 aromatic rings. The molecule has 0 saturated carbocycles. The highest BCUT2D eigenvalue weighted by atomic mass is 19.1. The highest BCUT2D eigenvalue weighted by Crippen LogP contribution is 2.21. The van der Waals surface area contributed by atoms with Crippen molar-refractivity contribution < 1.29 is 9.18 Å². The molecule has 0 spiro atoms. The molecule has 1 heterocycles. The number of para-hydroxylation sites is 1. The van der Waals surface area contributed by atoms with Crippen molar-refractivity contribution in [2.75, 3.05) is 10.6 Å². The van der Waals surface area contributed by atoms with Gasteiger partial charge in [-0.2, -0.15) is 0 Å². The average molecular weight is 350 g/mol. The van der Waals surface area contributed by atoms with Gasteiger partial charge < -0.3 is 10.6 Å². The molecular formula is C20H19FN4O. The van der Waals surface area contributed by atoms with Crippen LogP contribution in [0, 0.1) is 26.6 Å². The Morgan fingerprint density at radius 1 is 0.962 bits per heavy atom. The number of carbonyl (C=O) groups is 1. The van der Waals surface area contributed by atoms with Gasteiger partial charge in [-0.15, -0.1) is 0 Å². The maximum Gasteiger partial charge on any atom is 0.274 e. The molecule has 0 aliphatic carbocycles. The third-order valence-electron chi connectivity index (χ3n) is 3.91. The number of amides is 1. The minimum absolute atomic E-state index is 0.254. The van der Waals surface area contributed by atoms with Crippen LogP contribution in [0.2, 0.25) is 0 Å². The van der Waals surface area contributed by atoms with Crippen LogP contribution in [0.15, 0.2) is 48.5 Å². The Kier molecular flexibility index (Phi) is 4.93. The Bertz CT molecular complexity index is 934. The summed E-state index contributed by atoms with van der Waals surface area (Å²) < 4.78 is 13.0. The summed E-state index contributed by atoms with van der Waals surface area (Å²) >= 11 is 0. The van der Waals surface area contributed by atoms with E-state index in [9.17, 15) is 9.18 Å². The predicted molar refractivity (Wildman–Crippen MR) is 100 cm³/mol. The molecule has 2 aromatic carbocycles. The van der Waals surface area contributed by atoms with Crippen LogP contribution in [-0.2, 0) is 0 Å². The van der Waals surface area contributed by atoms with Gasteiger partial charge in [-0.25, -0.2) is 14.4 Å². The molecule has 0 bridgehead atoms. The first-order chi connectivity index (χ1) is 12.4. The largest absolute Gasteiger partial charge is 0.340 e. The second-order valence-electron chi connectivity index (χ2n) is 6.04. The van der Waals surface area contributed by atoms with Crippen LogP contribution in [0.3, 0.4) is 0 Å². The van der Waals surface area contributed by atoms with Crippen LogP contribution in [0.4, 0.5) is 21.6 Å². The van der Waals surface area contributed by atoms with E-state index in [1.165, 1.54) is 12.1 Å². The summed E-state index contributed by atoms with van der Waals surface area (Å²) in [6.45, 7) is 5.59. The van der Waals surface area contributed by atoms with Crippen molar-refractivity contribution in [1.29, 1.82) is 0 Å². The first-order valence-electron chi connectivity index (χ1n) is 8.18. The molecule has 0 aliphatic rings. The van der Waals surface area contributed by atoms with Gasteiger partial charge in [0.25, 0.3) is 5.91 Å². The molecule has 6 heteroatoms. The van der Waals surface area contributed by atoms with E-state index in [4.69, 9.17) is 0 Å². The van der Waals surface area contributed by atoms with Gasteiger partial charge in [-0.3, -0.25) is 4.79 Å². The number of aryl methyl sites for hydroxylation is 3. The average Bonchev–Trinajstić information content (AvgIpc) is 2.59. The summed E-state index contributed by atoms with van der Waals surface area (Å²) in [7, 11) is 0. The molecule has 1 aromatic heterocycles. The number of halogens is 1. The SMILES string of the molecule is Cc1nc(Nc2ccc(F)cc2)cc(C(=O)Nc2c(C)cccc2C)n1. The van der Waals surface area contributed by atoms with E-state index in [0.717, 1.165) is 16.8 Å². The summed E-state index contributed by atoms with van der Waals surface area (Å²) in [5.74, 6) is 0.303. The quantitative estimate of drug-likeness (QED) is 0.725. The monoisotopic (exact) mass is 350 g/mol. The second kappa shape index (κ2) is 7.31. The van der Waals surface area contributed by atoms with E-state index < -0.39 is 0 Å². The molecule has 132 valence electrons.